The van der Waals surface area contributed by atoms with Crippen LogP contribution in [0.5, 0.6) is 0 Å². The summed E-state index contributed by atoms with van der Waals surface area (Å²) in [5.74, 6) is 0.923. The fraction of sp³-hybridized carbons (Fsp3) is 0.722. The summed E-state index contributed by atoms with van der Waals surface area (Å²) < 4.78 is 5.33. The van der Waals surface area contributed by atoms with Gasteiger partial charge in [0.05, 0.1) is 25.8 Å². The highest BCUT2D eigenvalue weighted by molar-refractivity contribution is 14.0. The highest BCUT2D eigenvalue weighted by Crippen LogP contribution is 2.28. The molecule has 0 saturated carbocycles. The van der Waals surface area contributed by atoms with Crippen LogP contribution >= 0.6 is 35.3 Å². The van der Waals surface area contributed by atoms with E-state index in [-0.39, 0.29) is 29.4 Å². The minimum Gasteiger partial charge on any atom is -0.380 e. The van der Waals surface area contributed by atoms with Gasteiger partial charge in [0.15, 0.2) is 5.96 Å². The van der Waals surface area contributed by atoms with Crippen LogP contribution < -0.4 is 10.6 Å². The smallest absolute Gasteiger partial charge is 0.191 e. The molecule has 1 atom stereocenters. The van der Waals surface area contributed by atoms with Gasteiger partial charge in [0.25, 0.3) is 0 Å². The maximum atomic E-state index is 5.33. The fourth-order valence-electron chi connectivity index (χ4n) is 3.29. The fourth-order valence-corrected chi connectivity index (χ4v) is 4.15. The molecule has 0 bridgehead atoms. The van der Waals surface area contributed by atoms with E-state index >= 15 is 0 Å². The Kier molecular flexibility index (Phi) is 8.44. The van der Waals surface area contributed by atoms with Crippen molar-refractivity contribution >= 4 is 41.3 Å². The first-order chi connectivity index (χ1) is 11.7. The molecular weight excluding hydrogens is 447 g/mol. The van der Waals surface area contributed by atoms with E-state index in [2.05, 4.69) is 46.9 Å². The second-order valence-corrected chi connectivity index (χ2v) is 8.13. The molecule has 1 aromatic heterocycles. The highest BCUT2D eigenvalue weighted by atomic mass is 127. The van der Waals surface area contributed by atoms with E-state index in [1.807, 2.05) is 11.3 Å². The molecule has 7 heteroatoms. The van der Waals surface area contributed by atoms with Crippen molar-refractivity contribution in [3.63, 3.8) is 0 Å². The second kappa shape index (κ2) is 10.1. The molecular formula is C18H31IN4OS. The Morgan fingerprint density at radius 2 is 2.12 bits per heavy atom. The second-order valence-electron chi connectivity index (χ2n) is 7.15. The minimum absolute atomic E-state index is 0. The van der Waals surface area contributed by atoms with Crippen LogP contribution in [0.15, 0.2) is 22.5 Å². The first kappa shape index (κ1) is 20.9. The van der Waals surface area contributed by atoms with Gasteiger partial charge in [-0.25, -0.2) is 0 Å². The van der Waals surface area contributed by atoms with Gasteiger partial charge >= 0.3 is 0 Å². The molecule has 1 unspecified atom stereocenters. The summed E-state index contributed by atoms with van der Waals surface area (Å²) in [6.45, 7) is 11.0. The number of rotatable bonds is 7. The summed E-state index contributed by atoms with van der Waals surface area (Å²) in [6.07, 6.45) is 2.63. The Hall–Kier alpha value is -0.380. The third-order valence-electron chi connectivity index (χ3n) is 4.78. The van der Waals surface area contributed by atoms with E-state index in [1.165, 1.54) is 30.8 Å². The van der Waals surface area contributed by atoms with E-state index in [0.29, 0.717) is 6.04 Å². The molecule has 0 aromatic carbocycles. The van der Waals surface area contributed by atoms with Crippen molar-refractivity contribution in [1.29, 1.82) is 0 Å². The van der Waals surface area contributed by atoms with Gasteiger partial charge in [-0.2, -0.15) is 0 Å². The maximum absolute atomic E-state index is 5.33. The van der Waals surface area contributed by atoms with Gasteiger partial charge in [-0.3, -0.25) is 9.89 Å². The third kappa shape index (κ3) is 5.80. The Labute approximate surface area is 172 Å². The monoisotopic (exact) mass is 478 g/mol. The molecule has 5 nitrogen and oxygen atoms in total. The molecule has 1 aromatic rings. The summed E-state index contributed by atoms with van der Waals surface area (Å²) >= 11 is 1.85. The SMILES string of the molecule is CCNC(=NCC1(C)COC1)NCC(c1cccs1)N1CCCC1.I. The molecule has 3 heterocycles. The Morgan fingerprint density at radius 3 is 2.68 bits per heavy atom. The molecule has 0 spiro atoms. The number of halogens is 1. The Balaban J connectivity index is 0.00000225. The van der Waals surface area contributed by atoms with E-state index in [4.69, 9.17) is 9.73 Å². The summed E-state index contributed by atoms with van der Waals surface area (Å²) in [6, 6.07) is 4.85. The van der Waals surface area contributed by atoms with Crippen molar-refractivity contribution in [3.8, 4) is 0 Å². The van der Waals surface area contributed by atoms with Crippen LogP contribution in [-0.2, 0) is 4.74 Å². The van der Waals surface area contributed by atoms with Crippen LogP contribution in [0.2, 0.25) is 0 Å². The van der Waals surface area contributed by atoms with Gasteiger partial charge in [-0.1, -0.05) is 13.0 Å². The van der Waals surface area contributed by atoms with Crippen molar-refractivity contribution in [2.24, 2.45) is 10.4 Å². The standard InChI is InChI=1S/C18H30N4OS.HI/c1-3-19-17(21-12-18(2)13-23-14-18)20-11-15(16-7-6-10-24-16)22-8-4-5-9-22;/h6-7,10,15H,3-5,8-9,11-14H2,1-2H3,(H2,19,20,21);1H. The summed E-state index contributed by atoms with van der Waals surface area (Å²) in [5, 5.41) is 9.12. The number of guanidine groups is 1. The number of hydrogen-bond donors (Lipinski definition) is 2. The number of likely N-dealkylation sites (tertiary alicyclic amines) is 1. The number of aliphatic imine (C=N–C) groups is 1. The average molecular weight is 478 g/mol. The van der Waals surface area contributed by atoms with Gasteiger partial charge in [0.1, 0.15) is 0 Å². The average Bonchev–Trinajstić information content (AvgIpc) is 3.25. The first-order valence-electron chi connectivity index (χ1n) is 9.07. The number of nitrogens with one attached hydrogen (secondary N) is 2. The van der Waals surface area contributed by atoms with Gasteiger partial charge in [-0.05, 0) is 44.3 Å². The zero-order valence-corrected chi connectivity index (χ0v) is 18.4. The lowest BCUT2D eigenvalue weighted by Gasteiger charge is -2.36. The van der Waals surface area contributed by atoms with Gasteiger partial charge in [-0.15, -0.1) is 35.3 Å². The van der Waals surface area contributed by atoms with Crippen molar-refractivity contribution < 1.29 is 4.74 Å². The lowest BCUT2D eigenvalue weighted by atomic mass is 9.89. The van der Waals surface area contributed by atoms with Crippen LogP contribution in [0.4, 0.5) is 0 Å². The predicted octanol–water partition coefficient (Wildman–Crippen LogP) is 3.09. The molecule has 0 radical (unpaired) electrons. The molecule has 2 aliphatic heterocycles. The van der Waals surface area contributed by atoms with Crippen LogP contribution in [0.3, 0.4) is 0 Å². The summed E-state index contributed by atoms with van der Waals surface area (Å²) in [4.78, 5) is 8.83. The largest absolute Gasteiger partial charge is 0.380 e. The van der Waals surface area contributed by atoms with E-state index in [9.17, 15) is 0 Å². The van der Waals surface area contributed by atoms with Gasteiger partial charge < -0.3 is 15.4 Å². The van der Waals surface area contributed by atoms with Crippen LogP contribution in [0.25, 0.3) is 0 Å². The lowest BCUT2D eigenvalue weighted by Crippen LogP contribution is -2.45. The van der Waals surface area contributed by atoms with Crippen LogP contribution in [0, 0.1) is 5.41 Å². The van der Waals surface area contributed by atoms with E-state index < -0.39 is 0 Å². The third-order valence-corrected chi connectivity index (χ3v) is 5.75. The van der Waals surface area contributed by atoms with Gasteiger partial charge in [0.2, 0.25) is 0 Å². The molecule has 2 N–H and O–H groups in total. The van der Waals surface area contributed by atoms with Crippen molar-refractivity contribution in [3.05, 3.63) is 22.4 Å². The van der Waals surface area contributed by atoms with Crippen LogP contribution in [-0.4, -0.2) is 56.8 Å². The Bertz CT molecular complexity index is 527. The zero-order valence-electron chi connectivity index (χ0n) is 15.3. The minimum atomic E-state index is 0. The summed E-state index contributed by atoms with van der Waals surface area (Å²) in [5.41, 5.74) is 0.213. The predicted molar refractivity (Wildman–Crippen MR) is 116 cm³/mol. The first-order valence-corrected chi connectivity index (χ1v) is 9.95. The highest BCUT2D eigenvalue weighted by Gasteiger charge is 2.33. The van der Waals surface area contributed by atoms with Crippen molar-refractivity contribution in [2.75, 3.05) is 45.9 Å². The number of ether oxygens (including phenoxy) is 1. The molecule has 2 saturated heterocycles. The number of nitrogens with zero attached hydrogens (tertiary/aromatic N) is 2. The quantitative estimate of drug-likeness (QED) is 0.359. The topological polar surface area (TPSA) is 48.9 Å². The van der Waals surface area contributed by atoms with E-state index in [1.54, 1.807) is 0 Å². The van der Waals surface area contributed by atoms with E-state index in [0.717, 1.165) is 38.8 Å². The lowest BCUT2D eigenvalue weighted by molar-refractivity contribution is -0.0945. The summed E-state index contributed by atoms with van der Waals surface area (Å²) in [7, 11) is 0. The molecule has 2 aliphatic rings. The van der Waals surface area contributed by atoms with Crippen molar-refractivity contribution in [2.45, 2.75) is 32.7 Å². The number of thiophene rings is 1. The molecule has 25 heavy (non-hydrogen) atoms. The molecule has 3 rings (SSSR count). The maximum Gasteiger partial charge on any atom is 0.191 e. The number of hydrogen-bond acceptors (Lipinski definition) is 4. The van der Waals surface area contributed by atoms with Gasteiger partial charge in [0, 0.05) is 23.4 Å². The van der Waals surface area contributed by atoms with Crippen molar-refractivity contribution in [1.82, 2.24) is 15.5 Å². The van der Waals surface area contributed by atoms with Crippen LogP contribution in [0.1, 0.15) is 37.6 Å². The molecule has 2 fully saturated rings. The molecule has 0 amide bonds. The molecule has 0 aliphatic carbocycles. The normalized spacial score (nSPS) is 21.3. The molecule has 142 valence electrons. The zero-order chi connectivity index (χ0) is 16.8. The Morgan fingerprint density at radius 1 is 1.36 bits per heavy atom.